The number of hydrogen-bond donors (Lipinski definition) is 2. The van der Waals surface area contributed by atoms with Gasteiger partial charge in [-0.25, -0.2) is 5.43 Å². The quantitative estimate of drug-likeness (QED) is 0.619. The third kappa shape index (κ3) is 3.04. The molecule has 0 amide bonds. The number of halogens is 1. The Morgan fingerprint density at radius 2 is 2.31 bits per heavy atom. The van der Waals surface area contributed by atoms with Crippen LogP contribution >= 0.6 is 15.9 Å². The maximum absolute atomic E-state index is 5.55. The number of nitrogens with zero attached hydrogens (tertiary/aromatic N) is 2. The average molecular weight is 291 g/mol. The SMILES string of the molecule is CCOCC(NN)c1c(Br)cnn1C(C)C. The fraction of sp³-hybridized carbons (Fsp3) is 0.700. The highest BCUT2D eigenvalue weighted by Gasteiger charge is 2.20. The van der Waals surface area contributed by atoms with Crippen LogP contribution in [0.2, 0.25) is 0 Å². The van der Waals surface area contributed by atoms with Crippen LogP contribution in [0.5, 0.6) is 0 Å². The molecule has 5 nitrogen and oxygen atoms in total. The first kappa shape index (κ1) is 13.6. The first-order chi connectivity index (χ1) is 7.61. The zero-order chi connectivity index (χ0) is 12.1. The molecule has 1 unspecified atom stereocenters. The van der Waals surface area contributed by atoms with Crippen molar-refractivity contribution in [3.63, 3.8) is 0 Å². The summed E-state index contributed by atoms with van der Waals surface area (Å²) >= 11 is 3.48. The van der Waals surface area contributed by atoms with Gasteiger partial charge in [0.15, 0.2) is 0 Å². The lowest BCUT2D eigenvalue weighted by Gasteiger charge is -2.20. The fourth-order valence-corrected chi connectivity index (χ4v) is 2.08. The molecule has 0 saturated carbocycles. The zero-order valence-electron chi connectivity index (χ0n) is 9.90. The highest BCUT2D eigenvalue weighted by Crippen LogP contribution is 2.25. The number of aromatic nitrogens is 2. The predicted molar refractivity (Wildman–Crippen MR) is 66.9 cm³/mol. The highest BCUT2D eigenvalue weighted by molar-refractivity contribution is 9.10. The number of nitrogens with one attached hydrogen (secondary N) is 1. The lowest BCUT2D eigenvalue weighted by molar-refractivity contribution is 0.120. The number of hydrazine groups is 1. The lowest BCUT2D eigenvalue weighted by Crippen LogP contribution is -2.33. The molecule has 0 bridgehead atoms. The number of nitrogens with two attached hydrogens (primary N) is 1. The van der Waals surface area contributed by atoms with E-state index in [0.717, 1.165) is 10.2 Å². The van der Waals surface area contributed by atoms with E-state index in [4.69, 9.17) is 10.6 Å². The van der Waals surface area contributed by atoms with Crippen LogP contribution in [0.25, 0.3) is 0 Å². The molecule has 3 N–H and O–H groups in total. The predicted octanol–water partition coefficient (Wildman–Crippen LogP) is 1.77. The Hall–Kier alpha value is -0.430. The van der Waals surface area contributed by atoms with Gasteiger partial charge < -0.3 is 4.74 Å². The Morgan fingerprint density at radius 3 is 2.81 bits per heavy atom. The summed E-state index contributed by atoms with van der Waals surface area (Å²) < 4.78 is 8.28. The Bertz CT molecular complexity index is 327. The van der Waals surface area contributed by atoms with Crippen LogP contribution < -0.4 is 11.3 Å². The van der Waals surface area contributed by atoms with Gasteiger partial charge in [-0.2, -0.15) is 5.10 Å². The third-order valence-corrected chi connectivity index (χ3v) is 2.91. The molecule has 0 saturated heterocycles. The largest absolute Gasteiger partial charge is 0.380 e. The summed E-state index contributed by atoms with van der Waals surface area (Å²) in [6.45, 7) is 7.33. The number of rotatable bonds is 6. The monoisotopic (exact) mass is 290 g/mol. The van der Waals surface area contributed by atoms with E-state index in [1.807, 2.05) is 11.6 Å². The molecule has 1 rings (SSSR count). The summed E-state index contributed by atoms with van der Waals surface area (Å²) in [4.78, 5) is 0. The van der Waals surface area contributed by atoms with Gasteiger partial charge in [0.2, 0.25) is 0 Å². The fourth-order valence-electron chi connectivity index (χ4n) is 1.53. The highest BCUT2D eigenvalue weighted by atomic mass is 79.9. The van der Waals surface area contributed by atoms with Gasteiger partial charge in [0, 0.05) is 12.6 Å². The van der Waals surface area contributed by atoms with Crippen molar-refractivity contribution >= 4 is 15.9 Å². The average Bonchev–Trinajstić information content (AvgIpc) is 2.62. The Morgan fingerprint density at radius 1 is 1.62 bits per heavy atom. The van der Waals surface area contributed by atoms with Crippen molar-refractivity contribution in [3.05, 3.63) is 16.4 Å². The van der Waals surface area contributed by atoms with Gasteiger partial charge in [-0.3, -0.25) is 10.5 Å². The molecule has 1 aromatic rings. The number of ether oxygens (including phenoxy) is 1. The molecule has 1 heterocycles. The second-order valence-electron chi connectivity index (χ2n) is 3.79. The van der Waals surface area contributed by atoms with Crippen LogP contribution in [0.15, 0.2) is 10.7 Å². The van der Waals surface area contributed by atoms with Crippen LogP contribution in [0.3, 0.4) is 0 Å². The van der Waals surface area contributed by atoms with Gasteiger partial charge in [-0.15, -0.1) is 0 Å². The van der Waals surface area contributed by atoms with E-state index in [1.165, 1.54) is 0 Å². The van der Waals surface area contributed by atoms with Crippen LogP contribution in [0.1, 0.15) is 38.5 Å². The molecular formula is C10H19BrN4O. The minimum absolute atomic E-state index is 0.0563. The van der Waals surface area contributed by atoms with Crippen molar-refractivity contribution in [2.24, 2.45) is 5.84 Å². The molecule has 0 aromatic carbocycles. The summed E-state index contributed by atoms with van der Waals surface area (Å²) in [5.41, 5.74) is 3.78. The Labute approximate surface area is 104 Å². The Kier molecular flexibility index (Phi) is 5.40. The van der Waals surface area contributed by atoms with Crippen molar-refractivity contribution in [1.29, 1.82) is 0 Å². The molecule has 92 valence electrons. The molecule has 1 aromatic heterocycles. The van der Waals surface area contributed by atoms with Gasteiger partial charge in [0.05, 0.1) is 29.0 Å². The van der Waals surface area contributed by atoms with Crippen molar-refractivity contribution in [1.82, 2.24) is 15.2 Å². The van der Waals surface area contributed by atoms with E-state index < -0.39 is 0 Å². The zero-order valence-corrected chi connectivity index (χ0v) is 11.5. The third-order valence-electron chi connectivity index (χ3n) is 2.30. The van der Waals surface area contributed by atoms with E-state index in [9.17, 15) is 0 Å². The summed E-state index contributed by atoms with van der Waals surface area (Å²) in [5.74, 6) is 5.55. The van der Waals surface area contributed by atoms with Crippen LogP contribution in [0, 0.1) is 0 Å². The lowest BCUT2D eigenvalue weighted by atomic mass is 10.2. The van der Waals surface area contributed by atoms with Gasteiger partial charge in [-0.1, -0.05) is 0 Å². The summed E-state index contributed by atoms with van der Waals surface area (Å²) in [7, 11) is 0. The summed E-state index contributed by atoms with van der Waals surface area (Å²) in [6.07, 6.45) is 1.78. The van der Waals surface area contributed by atoms with Gasteiger partial charge in [0.1, 0.15) is 0 Å². The van der Waals surface area contributed by atoms with Gasteiger partial charge in [0.25, 0.3) is 0 Å². The maximum atomic E-state index is 5.55. The molecule has 0 radical (unpaired) electrons. The van der Waals surface area contributed by atoms with Gasteiger partial charge >= 0.3 is 0 Å². The topological polar surface area (TPSA) is 65.1 Å². The minimum Gasteiger partial charge on any atom is -0.380 e. The molecule has 0 aliphatic carbocycles. The molecule has 6 heteroatoms. The standard InChI is InChI=1S/C10H19BrN4O/c1-4-16-6-9(14-12)10-8(11)5-13-15(10)7(2)3/h5,7,9,14H,4,6,12H2,1-3H3. The summed E-state index contributed by atoms with van der Waals surface area (Å²) in [6, 6.07) is 0.234. The van der Waals surface area contributed by atoms with Gasteiger partial charge in [-0.05, 0) is 36.7 Å². The molecule has 0 fully saturated rings. The van der Waals surface area contributed by atoms with E-state index in [0.29, 0.717) is 19.3 Å². The van der Waals surface area contributed by atoms with Crippen molar-refractivity contribution in [2.75, 3.05) is 13.2 Å². The molecule has 0 aliphatic rings. The minimum atomic E-state index is -0.0563. The van der Waals surface area contributed by atoms with Crippen molar-refractivity contribution in [2.45, 2.75) is 32.9 Å². The Balaban J connectivity index is 2.93. The van der Waals surface area contributed by atoms with Crippen LogP contribution in [-0.4, -0.2) is 23.0 Å². The number of hydrogen-bond acceptors (Lipinski definition) is 4. The molecule has 0 spiro atoms. The normalized spacial score (nSPS) is 13.4. The van der Waals surface area contributed by atoms with Crippen LogP contribution in [0.4, 0.5) is 0 Å². The smallest absolute Gasteiger partial charge is 0.0873 e. The maximum Gasteiger partial charge on any atom is 0.0873 e. The first-order valence-corrected chi connectivity index (χ1v) is 6.17. The summed E-state index contributed by atoms with van der Waals surface area (Å²) in [5, 5.41) is 4.31. The molecule has 0 aliphatic heterocycles. The van der Waals surface area contributed by atoms with Crippen molar-refractivity contribution < 1.29 is 4.74 Å². The molecule has 16 heavy (non-hydrogen) atoms. The second kappa shape index (κ2) is 6.34. The van der Waals surface area contributed by atoms with Crippen molar-refractivity contribution in [3.8, 4) is 0 Å². The van der Waals surface area contributed by atoms with E-state index >= 15 is 0 Å². The van der Waals surface area contributed by atoms with E-state index in [-0.39, 0.29) is 6.04 Å². The molecular weight excluding hydrogens is 272 g/mol. The van der Waals surface area contributed by atoms with E-state index in [1.54, 1.807) is 6.20 Å². The second-order valence-corrected chi connectivity index (χ2v) is 4.65. The van der Waals surface area contributed by atoms with E-state index in [2.05, 4.69) is 40.3 Å². The molecule has 1 atom stereocenters. The first-order valence-electron chi connectivity index (χ1n) is 5.38. The van der Waals surface area contributed by atoms with Crippen LogP contribution in [-0.2, 0) is 4.74 Å².